The lowest BCUT2D eigenvalue weighted by molar-refractivity contribution is -0.147. The van der Waals surface area contributed by atoms with E-state index in [1.807, 2.05) is 0 Å². The Morgan fingerprint density at radius 3 is 2.58 bits per heavy atom. The highest BCUT2D eigenvalue weighted by Crippen LogP contribution is 2.46. The van der Waals surface area contributed by atoms with Gasteiger partial charge < -0.3 is 4.74 Å². The van der Waals surface area contributed by atoms with Crippen molar-refractivity contribution in [2.24, 2.45) is 17.3 Å². The molecule has 0 amide bonds. The third-order valence-electron chi connectivity index (χ3n) is 4.91. The summed E-state index contributed by atoms with van der Waals surface area (Å²) in [4.78, 5) is 11.1. The van der Waals surface area contributed by atoms with E-state index in [4.69, 9.17) is 4.74 Å². The van der Waals surface area contributed by atoms with Gasteiger partial charge in [0.2, 0.25) is 0 Å². The number of carbonyl (C=O) groups is 1. The molecule has 1 aliphatic carbocycles. The fraction of sp³-hybridized carbons (Fsp3) is 0.941. The molecule has 0 bridgehead atoms. The second-order valence-corrected chi connectivity index (χ2v) is 7.06. The highest BCUT2D eigenvalue weighted by atomic mass is 16.5. The van der Waals surface area contributed by atoms with E-state index < -0.39 is 0 Å². The van der Waals surface area contributed by atoms with Gasteiger partial charge in [-0.1, -0.05) is 47.0 Å². The van der Waals surface area contributed by atoms with Crippen molar-refractivity contribution in [3.63, 3.8) is 0 Å². The average molecular weight is 268 g/mol. The molecule has 19 heavy (non-hydrogen) atoms. The van der Waals surface area contributed by atoms with E-state index in [0.29, 0.717) is 5.41 Å². The molecule has 1 fully saturated rings. The molecule has 112 valence electrons. The van der Waals surface area contributed by atoms with E-state index in [9.17, 15) is 4.79 Å². The molecule has 0 saturated heterocycles. The fourth-order valence-corrected chi connectivity index (χ4v) is 3.90. The smallest absolute Gasteiger partial charge is 0.302 e. The Morgan fingerprint density at radius 1 is 1.37 bits per heavy atom. The SMILES string of the molecule is CCC[C@@H](CC[C@@H]1[C@@H](C)CCCC1(C)C)OC(C)=O. The molecule has 0 aliphatic heterocycles. The number of rotatable bonds is 6. The van der Waals surface area contributed by atoms with Gasteiger partial charge in [-0.3, -0.25) is 4.79 Å². The number of hydrogen-bond acceptors (Lipinski definition) is 2. The van der Waals surface area contributed by atoms with Crippen molar-refractivity contribution in [3.05, 3.63) is 0 Å². The van der Waals surface area contributed by atoms with Gasteiger partial charge in [0.05, 0.1) is 0 Å². The van der Waals surface area contributed by atoms with Crippen LogP contribution in [0.3, 0.4) is 0 Å². The summed E-state index contributed by atoms with van der Waals surface area (Å²) in [6, 6.07) is 0. The van der Waals surface area contributed by atoms with Gasteiger partial charge in [0.1, 0.15) is 6.10 Å². The maximum absolute atomic E-state index is 11.1. The first-order chi connectivity index (χ1) is 8.86. The zero-order valence-electron chi connectivity index (χ0n) is 13.5. The van der Waals surface area contributed by atoms with Crippen LogP contribution in [0.25, 0.3) is 0 Å². The third kappa shape index (κ3) is 5.16. The Kier molecular flexibility index (Phi) is 6.35. The van der Waals surface area contributed by atoms with E-state index >= 15 is 0 Å². The van der Waals surface area contributed by atoms with E-state index in [0.717, 1.165) is 31.1 Å². The van der Waals surface area contributed by atoms with Crippen LogP contribution in [0, 0.1) is 17.3 Å². The van der Waals surface area contributed by atoms with E-state index in [-0.39, 0.29) is 12.1 Å². The summed E-state index contributed by atoms with van der Waals surface area (Å²) in [5.41, 5.74) is 0.449. The first-order valence-corrected chi connectivity index (χ1v) is 8.04. The van der Waals surface area contributed by atoms with Gasteiger partial charge in [-0.25, -0.2) is 0 Å². The number of hydrogen-bond donors (Lipinski definition) is 0. The highest BCUT2D eigenvalue weighted by Gasteiger charge is 2.36. The van der Waals surface area contributed by atoms with Gasteiger partial charge in [-0.05, 0) is 42.9 Å². The van der Waals surface area contributed by atoms with E-state index in [1.54, 1.807) is 0 Å². The van der Waals surface area contributed by atoms with Crippen LogP contribution in [0.1, 0.15) is 79.6 Å². The summed E-state index contributed by atoms with van der Waals surface area (Å²) in [6.07, 6.45) is 8.52. The largest absolute Gasteiger partial charge is 0.463 e. The lowest BCUT2D eigenvalue weighted by Crippen LogP contribution is -2.34. The standard InChI is InChI=1S/C17H32O2/c1-6-8-15(19-14(3)18)10-11-16-13(2)9-7-12-17(16,4)5/h13,15-16H,6-12H2,1-5H3/t13-,15-,16+/m0/s1. The van der Waals surface area contributed by atoms with Crippen molar-refractivity contribution in [1.29, 1.82) is 0 Å². The number of esters is 1. The van der Waals surface area contributed by atoms with Crippen LogP contribution >= 0.6 is 0 Å². The van der Waals surface area contributed by atoms with Crippen molar-refractivity contribution in [2.75, 3.05) is 0 Å². The molecule has 0 aromatic rings. The lowest BCUT2D eigenvalue weighted by atomic mass is 9.62. The van der Waals surface area contributed by atoms with Crippen molar-refractivity contribution >= 4 is 5.97 Å². The van der Waals surface area contributed by atoms with Crippen molar-refractivity contribution in [1.82, 2.24) is 0 Å². The Hall–Kier alpha value is -0.530. The van der Waals surface area contributed by atoms with Crippen LogP contribution < -0.4 is 0 Å². The van der Waals surface area contributed by atoms with Crippen LogP contribution in [0.2, 0.25) is 0 Å². The van der Waals surface area contributed by atoms with E-state index in [1.165, 1.54) is 32.6 Å². The molecule has 2 nitrogen and oxygen atoms in total. The van der Waals surface area contributed by atoms with Crippen LogP contribution in [-0.2, 0) is 9.53 Å². The third-order valence-corrected chi connectivity index (χ3v) is 4.91. The van der Waals surface area contributed by atoms with Crippen molar-refractivity contribution in [2.45, 2.75) is 85.7 Å². The van der Waals surface area contributed by atoms with Gasteiger partial charge in [0.15, 0.2) is 0 Å². The molecule has 0 N–H and O–H groups in total. The molecule has 0 aromatic heterocycles. The molecule has 3 atom stereocenters. The molecule has 0 spiro atoms. The summed E-state index contributed by atoms with van der Waals surface area (Å²) in [6.45, 7) is 10.9. The normalized spacial score (nSPS) is 27.8. The maximum atomic E-state index is 11.1. The predicted molar refractivity (Wildman–Crippen MR) is 80.0 cm³/mol. The van der Waals surface area contributed by atoms with Gasteiger partial charge >= 0.3 is 5.97 Å². The zero-order valence-corrected chi connectivity index (χ0v) is 13.5. The van der Waals surface area contributed by atoms with Gasteiger partial charge in [0, 0.05) is 6.92 Å². The van der Waals surface area contributed by atoms with Crippen molar-refractivity contribution in [3.8, 4) is 0 Å². The van der Waals surface area contributed by atoms with Gasteiger partial charge in [0.25, 0.3) is 0 Å². The molecule has 1 saturated carbocycles. The quantitative estimate of drug-likeness (QED) is 0.636. The Balaban J connectivity index is 2.53. The molecule has 2 heteroatoms. The van der Waals surface area contributed by atoms with Crippen LogP contribution in [0.5, 0.6) is 0 Å². The first-order valence-electron chi connectivity index (χ1n) is 8.04. The minimum absolute atomic E-state index is 0.130. The second kappa shape index (κ2) is 7.31. The Bertz CT molecular complexity index is 283. The number of carbonyl (C=O) groups excluding carboxylic acids is 1. The minimum Gasteiger partial charge on any atom is -0.463 e. The molecule has 1 aliphatic rings. The molecule has 0 unspecified atom stereocenters. The molecule has 1 rings (SSSR count). The van der Waals surface area contributed by atoms with Crippen molar-refractivity contribution < 1.29 is 9.53 Å². The minimum atomic E-state index is -0.130. The van der Waals surface area contributed by atoms with Gasteiger partial charge in [-0.15, -0.1) is 0 Å². The van der Waals surface area contributed by atoms with Gasteiger partial charge in [-0.2, -0.15) is 0 Å². The lowest BCUT2D eigenvalue weighted by Gasteiger charge is -2.43. The summed E-state index contributed by atoms with van der Waals surface area (Å²) in [7, 11) is 0. The van der Waals surface area contributed by atoms with Crippen LogP contribution in [-0.4, -0.2) is 12.1 Å². The van der Waals surface area contributed by atoms with E-state index in [2.05, 4.69) is 27.7 Å². The van der Waals surface area contributed by atoms with Crippen LogP contribution in [0.4, 0.5) is 0 Å². The Labute approximate surface area is 119 Å². The molecular formula is C17H32O2. The fourth-order valence-electron chi connectivity index (χ4n) is 3.90. The summed E-state index contributed by atoms with van der Waals surface area (Å²) >= 11 is 0. The second-order valence-electron chi connectivity index (χ2n) is 7.06. The Morgan fingerprint density at radius 2 is 2.05 bits per heavy atom. The molecule has 0 heterocycles. The summed E-state index contributed by atoms with van der Waals surface area (Å²) in [5.74, 6) is 1.45. The highest BCUT2D eigenvalue weighted by molar-refractivity contribution is 5.66. The first kappa shape index (κ1) is 16.5. The van der Waals surface area contributed by atoms with Crippen LogP contribution in [0.15, 0.2) is 0 Å². The zero-order chi connectivity index (χ0) is 14.5. The topological polar surface area (TPSA) is 26.3 Å². The predicted octanol–water partition coefficient (Wildman–Crippen LogP) is 4.96. The number of ether oxygens (including phenoxy) is 1. The molecular weight excluding hydrogens is 236 g/mol. The molecule has 0 radical (unpaired) electrons. The summed E-state index contributed by atoms with van der Waals surface area (Å²) in [5, 5.41) is 0. The average Bonchev–Trinajstić information content (AvgIpc) is 2.26. The summed E-state index contributed by atoms with van der Waals surface area (Å²) < 4.78 is 5.45. The molecule has 0 aromatic carbocycles. The monoisotopic (exact) mass is 268 g/mol. The maximum Gasteiger partial charge on any atom is 0.302 e.